The first-order valence-corrected chi connectivity index (χ1v) is 9.61. The van der Waals surface area contributed by atoms with Crippen LogP contribution in [0.1, 0.15) is 30.5 Å². The highest BCUT2D eigenvalue weighted by molar-refractivity contribution is 5.83. The fraction of sp³-hybridized carbons (Fsp3) is 0.200. The second-order valence-corrected chi connectivity index (χ2v) is 7.61. The lowest BCUT2D eigenvalue weighted by Gasteiger charge is -2.41. The molecule has 0 fully saturated rings. The number of rotatable bonds is 2. The quantitative estimate of drug-likeness (QED) is 0.532. The van der Waals surface area contributed by atoms with Crippen LogP contribution in [0.25, 0.3) is 5.57 Å². The summed E-state index contributed by atoms with van der Waals surface area (Å²) in [6, 6.07) is 21.8. The van der Waals surface area contributed by atoms with Crippen LogP contribution in [-0.2, 0) is 6.42 Å². The highest BCUT2D eigenvalue weighted by Crippen LogP contribution is 2.46. The lowest BCUT2D eigenvalue weighted by molar-refractivity contribution is 0.520. The van der Waals surface area contributed by atoms with Crippen molar-refractivity contribution in [3.63, 3.8) is 0 Å². The molecule has 0 amide bonds. The van der Waals surface area contributed by atoms with Gasteiger partial charge in [0.15, 0.2) is 0 Å². The standard InChI is InChI=1S/C25H23NO/c1-17-14-18(2)24(22(15-17)19-8-4-3-5-9-19)26-23-11-7-6-10-20(23)16-21-12-13-27-25(21)26/h3-15,18,24H,16H2,1-2H3. The molecule has 0 saturated carbocycles. The lowest BCUT2D eigenvalue weighted by Crippen LogP contribution is -2.40. The second kappa shape index (κ2) is 6.31. The Morgan fingerprint density at radius 1 is 0.926 bits per heavy atom. The van der Waals surface area contributed by atoms with Crippen LogP contribution in [0.4, 0.5) is 11.6 Å². The van der Waals surface area contributed by atoms with Gasteiger partial charge in [0, 0.05) is 17.7 Å². The number of anilines is 2. The Bertz CT molecular complexity index is 1040. The average molecular weight is 353 g/mol. The van der Waals surface area contributed by atoms with Gasteiger partial charge in [-0.2, -0.15) is 0 Å². The number of hydrogen-bond donors (Lipinski definition) is 0. The van der Waals surface area contributed by atoms with Crippen molar-refractivity contribution in [1.29, 1.82) is 0 Å². The van der Waals surface area contributed by atoms with Crippen LogP contribution in [0.3, 0.4) is 0 Å². The summed E-state index contributed by atoms with van der Waals surface area (Å²) in [5.74, 6) is 1.36. The SMILES string of the molecule is CC1=CC(C)C(N2c3ccccc3Cc3ccoc32)C(c2ccccc2)=C1. The summed E-state index contributed by atoms with van der Waals surface area (Å²) in [4.78, 5) is 2.42. The normalized spacial score (nSPS) is 21.2. The zero-order valence-electron chi connectivity index (χ0n) is 15.7. The molecule has 2 atom stereocenters. The molecule has 2 aliphatic rings. The second-order valence-electron chi connectivity index (χ2n) is 7.61. The van der Waals surface area contributed by atoms with Crippen LogP contribution in [0, 0.1) is 5.92 Å². The van der Waals surface area contributed by atoms with E-state index < -0.39 is 0 Å². The van der Waals surface area contributed by atoms with E-state index in [-0.39, 0.29) is 6.04 Å². The third-order valence-corrected chi connectivity index (χ3v) is 5.69. The highest BCUT2D eigenvalue weighted by Gasteiger charge is 2.37. The first-order chi connectivity index (χ1) is 13.2. The number of allylic oxidation sites excluding steroid dienone is 2. The molecular formula is C25H23NO. The van der Waals surface area contributed by atoms with Crippen molar-refractivity contribution in [3.05, 3.63) is 101 Å². The molecule has 0 radical (unpaired) electrons. The van der Waals surface area contributed by atoms with Crippen molar-refractivity contribution in [1.82, 2.24) is 0 Å². The van der Waals surface area contributed by atoms with E-state index in [4.69, 9.17) is 4.42 Å². The molecule has 0 N–H and O–H groups in total. The summed E-state index contributed by atoms with van der Waals surface area (Å²) < 4.78 is 6.02. The maximum atomic E-state index is 6.02. The molecule has 27 heavy (non-hydrogen) atoms. The van der Waals surface area contributed by atoms with Crippen molar-refractivity contribution >= 4 is 17.1 Å². The number of hydrogen-bond acceptors (Lipinski definition) is 2. The van der Waals surface area contributed by atoms with Crippen LogP contribution in [-0.4, -0.2) is 6.04 Å². The third kappa shape index (κ3) is 2.64. The first-order valence-electron chi connectivity index (χ1n) is 9.61. The molecule has 3 aromatic rings. The first kappa shape index (κ1) is 16.2. The molecule has 134 valence electrons. The van der Waals surface area contributed by atoms with Gasteiger partial charge in [0.1, 0.15) is 0 Å². The van der Waals surface area contributed by atoms with Crippen LogP contribution >= 0.6 is 0 Å². The molecule has 1 aliphatic heterocycles. The average Bonchev–Trinajstić information content (AvgIpc) is 3.15. The predicted molar refractivity (Wildman–Crippen MR) is 111 cm³/mol. The molecule has 2 aromatic carbocycles. The molecular weight excluding hydrogens is 330 g/mol. The maximum Gasteiger partial charge on any atom is 0.203 e. The number of para-hydroxylation sites is 1. The molecule has 0 bridgehead atoms. The molecule has 2 unspecified atom stereocenters. The highest BCUT2D eigenvalue weighted by atomic mass is 16.3. The lowest BCUT2D eigenvalue weighted by atomic mass is 9.81. The van der Waals surface area contributed by atoms with E-state index in [1.165, 1.54) is 33.5 Å². The minimum absolute atomic E-state index is 0.197. The summed E-state index contributed by atoms with van der Waals surface area (Å²) in [5, 5.41) is 0. The summed E-state index contributed by atoms with van der Waals surface area (Å²) in [5.41, 5.74) is 7.83. The van der Waals surface area contributed by atoms with Crippen molar-refractivity contribution in [2.75, 3.05) is 4.90 Å². The summed E-state index contributed by atoms with van der Waals surface area (Å²) >= 11 is 0. The van der Waals surface area contributed by atoms with Crippen LogP contribution in [0.15, 0.2) is 89.1 Å². The number of nitrogens with zero attached hydrogens (tertiary/aromatic N) is 1. The molecule has 1 aromatic heterocycles. The van der Waals surface area contributed by atoms with Crippen LogP contribution in [0.5, 0.6) is 0 Å². The van der Waals surface area contributed by atoms with Crippen molar-refractivity contribution in [3.8, 4) is 0 Å². The minimum Gasteiger partial charge on any atom is -0.448 e. The van der Waals surface area contributed by atoms with Gasteiger partial charge < -0.3 is 9.32 Å². The Morgan fingerprint density at radius 2 is 1.70 bits per heavy atom. The Hall–Kier alpha value is -3.00. The smallest absolute Gasteiger partial charge is 0.203 e. The summed E-state index contributed by atoms with van der Waals surface area (Å²) in [6.45, 7) is 4.50. The van der Waals surface area contributed by atoms with Gasteiger partial charge in [-0.1, -0.05) is 73.2 Å². The molecule has 2 nitrogen and oxygen atoms in total. The van der Waals surface area contributed by atoms with E-state index in [9.17, 15) is 0 Å². The van der Waals surface area contributed by atoms with E-state index >= 15 is 0 Å². The maximum absolute atomic E-state index is 6.02. The topological polar surface area (TPSA) is 16.4 Å². The van der Waals surface area contributed by atoms with Gasteiger partial charge in [0.05, 0.1) is 12.3 Å². The summed E-state index contributed by atoms with van der Waals surface area (Å²) in [6.07, 6.45) is 7.46. The summed E-state index contributed by atoms with van der Waals surface area (Å²) in [7, 11) is 0. The van der Waals surface area contributed by atoms with Crippen molar-refractivity contribution in [2.24, 2.45) is 5.92 Å². The van der Waals surface area contributed by atoms with E-state index in [1.807, 2.05) is 6.26 Å². The van der Waals surface area contributed by atoms with Crippen LogP contribution in [0.2, 0.25) is 0 Å². The van der Waals surface area contributed by atoms with E-state index in [0.29, 0.717) is 5.92 Å². The van der Waals surface area contributed by atoms with Gasteiger partial charge in [-0.25, -0.2) is 0 Å². The van der Waals surface area contributed by atoms with E-state index in [0.717, 1.165) is 12.3 Å². The monoisotopic (exact) mass is 353 g/mol. The zero-order chi connectivity index (χ0) is 18.4. The molecule has 0 spiro atoms. The zero-order valence-corrected chi connectivity index (χ0v) is 15.7. The number of fused-ring (bicyclic) bond motifs is 2. The molecule has 2 heterocycles. The molecule has 5 rings (SSSR count). The molecule has 2 heteroatoms. The Balaban J connectivity index is 1.71. The van der Waals surface area contributed by atoms with Gasteiger partial charge in [-0.3, -0.25) is 0 Å². The number of benzene rings is 2. The van der Waals surface area contributed by atoms with Crippen LogP contribution < -0.4 is 4.90 Å². The number of furan rings is 1. The van der Waals surface area contributed by atoms with Gasteiger partial charge >= 0.3 is 0 Å². The Labute approximate surface area is 160 Å². The third-order valence-electron chi connectivity index (χ3n) is 5.69. The van der Waals surface area contributed by atoms with E-state index in [2.05, 4.69) is 91.6 Å². The van der Waals surface area contributed by atoms with E-state index in [1.54, 1.807) is 0 Å². The van der Waals surface area contributed by atoms with Gasteiger partial charge in [0.2, 0.25) is 5.88 Å². The van der Waals surface area contributed by atoms with Crippen molar-refractivity contribution < 1.29 is 4.42 Å². The Morgan fingerprint density at radius 3 is 2.56 bits per heavy atom. The molecule has 0 saturated heterocycles. The Kier molecular flexibility index (Phi) is 3.78. The fourth-order valence-electron chi connectivity index (χ4n) is 4.59. The minimum atomic E-state index is 0.197. The largest absolute Gasteiger partial charge is 0.448 e. The van der Waals surface area contributed by atoms with Gasteiger partial charge in [-0.15, -0.1) is 0 Å². The molecule has 1 aliphatic carbocycles. The van der Waals surface area contributed by atoms with Gasteiger partial charge in [-0.05, 0) is 41.7 Å². The van der Waals surface area contributed by atoms with Gasteiger partial charge in [0.25, 0.3) is 0 Å². The van der Waals surface area contributed by atoms with Crippen molar-refractivity contribution in [2.45, 2.75) is 26.3 Å². The fourth-order valence-corrected chi connectivity index (χ4v) is 4.59. The predicted octanol–water partition coefficient (Wildman–Crippen LogP) is 6.37.